The van der Waals surface area contributed by atoms with E-state index >= 15 is 0 Å². The summed E-state index contributed by atoms with van der Waals surface area (Å²) in [4.78, 5) is 17.2. The van der Waals surface area contributed by atoms with Crippen LogP contribution in [0.2, 0.25) is 0 Å². The summed E-state index contributed by atoms with van der Waals surface area (Å²) < 4.78 is 61.4. The molecule has 0 spiro atoms. The van der Waals surface area contributed by atoms with Crippen molar-refractivity contribution in [2.24, 2.45) is 0 Å². The molecule has 4 aromatic rings. The van der Waals surface area contributed by atoms with Gasteiger partial charge in [0.05, 0.1) is 29.6 Å². The summed E-state index contributed by atoms with van der Waals surface area (Å²) in [6.07, 6.45) is -4.42. The van der Waals surface area contributed by atoms with Crippen LogP contribution in [0.4, 0.5) is 23.2 Å². The van der Waals surface area contributed by atoms with Crippen molar-refractivity contribution in [1.29, 1.82) is 0 Å². The number of hydrogen-bond donors (Lipinski definition) is 0. The Morgan fingerprint density at radius 1 is 0.872 bits per heavy atom. The van der Waals surface area contributed by atoms with Crippen molar-refractivity contribution in [1.82, 2.24) is 9.47 Å². The molecule has 0 atom stereocenters. The van der Waals surface area contributed by atoms with E-state index in [1.165, 1.54) is 12.1 Å². The average Bonchev–Trinajstić information content (AvgIpc) is 3.29. The van der Waals surface area contributed by atoms with Crippen molar-refractivity contribution in [2.75, 3.05) is 38.2 Å². The molecule has 1 saturated heterocycles. The van der Waals surface area contributed by atoms with Gasteiger partial charge in [-0.2, -0.15) is 13.2 Å². The molecule has 1 aliphatic rings. The number of piperazine rings is 1. The molecule has 5 nitrogen and oxygen atoms in total. The lowest BCUT2D eigenvalue weighted by Gasteiger charge is -2.36. The van der Waals surface area contributed by atoms with Crippen molar-refractivity contribution in [2.45, 2.75) is 13.1 Å². The van der Waals surface area contributed by atoms with Gasteiger partial charge in [0.25, 0.3) is 5.91 Å². The molecule has 2 heterocycles. The fraction of sp³-hybridized carbons (Fsp3) is 0.233. The maximum absolute atomic E-state index is 14.9. The minimum Gasteiger partial charge on any atom is -0.497 e. The number of nitrogens with zero attached hydrogens (tertiary/aromatic N) is 3. The first kappa shape index (κ1) is 26.3. The van der Waals surface area contributed by atoms with E-state index in [1.807, 2.05) is 17.0 Å². The predicted octanol–water partition coefficient (Wildman–Crippen LogP) is 6.58. The third-order valence-electron chi connectivity index (χ3n) is 7.06. The fourth-order valence-corrected chi connectivity index (χ4v) is 4.96. The fourth-order valence-electron chi connectivity index (χ4n) is 4.96. The van der Waals surface area contributed by atoms with E-state index in [9.17, 15) is 22.4 Å². The van der Waals surface area contributed by atoms with Crippen molar-refractivity contribution in [3.8, 4) is 22.7 Å². The number of carbonyl (C=O) groups excluding carboxylic acids is 1. The molecule has 0 bridgehead atoms. The zero-order valence-electron chi connectivity index (χ0n) is 21.5. The Kier molecular flexibility index (Phi) is 7.08. The van der Waals surface area contributed by atoms with Crippen molar-refractivity contribution < 1.29 is 27.1 Å². The highest BCUT2D eigenvalue weighted by Crippen LogP contribution is 2.34. The normalized spacial score (nSPS) is 14.0. The van der Waals surface area contributed by atoms with E-state index in [1.54, 1.807) is 66.0 Å². The molecule has 1 amide bonds. The minimum atomic E-state index is -4.42. The number of anilines is 1. The Bertz CT molecular complexity index is 1490. The van der Waals surface area contributed by atoms with E-state index in [0.29, 0.717) is 60.3 Å². The van der Waals surface area contributed by atoms with Crippen LogP contribution >= 0.6 is 0 Å². The lowest BCUT2D eigenvalue weighted by atomic mass is 10.1. The molecule has 1 aromatic heterocycles. The monoisotopic (exact) mass is 537 g/mol. The second kappa shape index (κ2) is 10.5. The molecule has 0 aliphatic carbocycles. The van der Waals surface area contributed by atoms with Gasteiger partial charge >= 0.3 is 6.18 Å². The highest BCUT2D eigenvalue weighted by Gasteiger charge is 2.32. The quantitative estimate of drug-likeness (QED) is 0.270. The van der Waals surface area contributed by atoms with Crippen LogP contribution in [0.25, 0.3) is 16.9 Å². The molecule has 0 radical (unpaired) electrons. The molecule has 1 fully saturated rings. The van der Waals surface area contributed by atoms with Crippen LogP contribution in [-0.4, -0.2) is 48.7 Å². The number of aromatic nitrogens is 1. The van der Waals surface area contributed by atoms with Gasteiger partial charge in [-0.25, -0.2) is 4.39 Å². The highest BCUT2D eigenvalue weighted by atomic mass is 19.4. The Morgan fingerprint density at radius 2 is 1.56 bits per heavy atom. The summed E-state index contributed by atoms with van der Waals surface area (Å²) in [5.74, 6) is 0.0510. The van der Waals surface area contributed by atoms with Crippen molar-refractivity contribution in [3.05, 3.63) is 102 Å². The van der Waals surface area contributed by atoms with Gasteiger partial charge in [0.1, 0.15) is 11.6 Å². The zero-order valence-corrected chi connectivity index (χ0v) is 21.5. The second-order valence-corrected chi connectivity index (χ2v) is 9.37. The Hall–Kier alpha value is -4.27. The molecule has 5 rings (SSSR count). The number of benzene rings is 3. The van der Waals surface area contributed by atoms with E-state index in [-0.39, 0.29) is 5.91 Å². The first-order valence-electron chi connectivity index (χ1n) is 12.5. The van der Waals surface area contributed by atoms with Crippen LogP contribution in [0.5, 0.6) is 5.75 Å². The SMILES string of the molecule is COc1ccc(-c2cc(C(=O)N3CCN(c4cccc(C(F)(F)F)c4)CC3)c(C)n2-c2ccccc2F)cc1. The summed E-state index contributed by atoms with van der Waals surface area (Å²) in [6, 6.07) is 20.7. The number of methoxy groups -OCH3 is 1. The van der Waals surface area contributed by atoms with Gasteiger partial charge in [-0.05, 0) is 73.2 Å². The van der Waals surface area contributed by atoms with Crippen LogP contribution in [0.15, 0.2) is 78.9 Å². The van der Waals surface area contributed by atoms with Gasteiger partial charge in [-0.3, -0.25) is 4.79 Å². The molecule has 39 heavy (non-hydrogen) atoms. The molecule has 9 heteroatoms. The lowest BCUT2D eigenvalue weighted by molar-refractivity contribution is -0.137. The number of rotatable bonds is 5. The molecule has 1 aliphatic heterocycles. The number of alkyl halides is 3. The summed E-state index contributed by atoms with van der Waals surface area (Å²) in [5, 5.41) is 0. The van der Waals surface area contributed by atoms with E-state index in [0.717, 1.165) is 17.7 Å². The smallest absolute Gasteiger partial charge is 0.416 e. The lowest BCUT2D eigenvalue weighted by Crippen LogP contribution is -2.49. The predicted molar refractivity (Wildman–Crippen MR) is 142 cm³/mol. The number of hydrogen-bond acceptors (Lipinski definition) is 3. The summed E-state index contributed by atoms with van der Waals surface area (Å²) >= 11 is 0. The maximum Gasteiger partial charge on any atom is 0.416 e. The van der Waals surface area contributed by atoms with E-state index < -0.39 is 17.6 Å². The van der Waals surface area contributed by atoms with Crippen LogP contribution < -0.4 is 9.64 Å². The minimum absolute atomic E-state index is 0.207. The van der Waals surface area contributed by atoms with E-state index in [4.69, 9.17) is 4.74 Å². The van der Waals surface area contributed by atoms with Gasteiger partial charge in [-0.1, -0.05) is 18.2 Å². The van der Waals surface area contributed by atoms with Crippen LogP contribution in [0.3, 0.4) is 0 Å². The summed E-state index contributed by atoms with van der Waals surface area (Å²) in [6.45, 7) is 3.26. The Morgan fingerprint density at radius 3 is 2.21 bits per heavy atom. The average molecular weight is 538 g/mol. The van der Waals surface area contributed by atoms with Crippen LogP contribution in [0.1, 0.15) is 21.6 Å². The topological polar surface area (TPSA) is 37.7 Å². The van der Waals surface area contributed by atoms with Gasteiger partial charge in [0.2, 0.25) is 0 Å². The van der Waals surface area contributed by atoms with Gasteiger partial charge < -0.3 is 19.1 Å². The highest BCUT2D eigenvalue weighted by molar-refractivity contribution is 5.97. The molecule has 0 unspecified atom stereocenters. The number of amides is 1. The van der Waals surface area contributed by atoms with Crippen LogP contribution in [0, 0.1) is 12.7 Å². The number of carbonyl (C=O) groups is 1. The van der Waals surface area contributed by atoms with Crippen molar-refractivity contribution >= 4 is 11.6 Å². The van der Waals surface area contributed by atoms with Gasteiger partial charge in [0.15, 0.2) is 0 Å². The summed E-state index contributed by atoms with van der Waals surface area (Å²) in [7, 11) is 1.57. The number of para-hydroxylation sites is 1. The number of halogens is 4. The number of ether oxygens (including phenoxy) is 1. The third kappa shape index (κ3) is 5.21. The maximum atomic E-state index is 14.9. The van der Waals surface area contributed by atoms with E-state index in [2.05, 4.69) is 0 Å². The van der Waals surface area contributed by atoms with Gasteiger partial charge in [-0.15, -0.1) is 0 Å². The molecule has 202 valence electrons. The molecule has 3 aromatic carbocycles. The van der Waals surface area contributed by atoms with Crippen molar-refractivity contribution in [3.63, 3.8) is 0 Å². The zero-order chi connectivity index (χ0) is 27.7. The Labute approximate surface area is 223 Å². The first-order valence-corrected chi connectivity index (χ1v) is 12.5. The van der Waals surface area contributed by atoms with Crippen LogP contribution in [-0.2, 0) is 6.18 Å². The molecular formula is C30H27F4N3O2. The molecular weight excluding hydrogens is 510 g/mol. The van der Waals surface area contributed by atoms with Gasteiger partial charge in [0, 0.05) is 37.6 Å². The largest absolute Gasteiger partial charge is 0.497 e. The third-order valence-corrected chi connectivity index (χ3v) is 7.06. The Balaban J connectivity index is 1.43. The molecule has 0 saturated carbocycles. The molecule has 0 N–H and O–H groups in total. The summed E-state index contributed by atoms with van der Waals surface area (Å²) in [5.41, 5.74) is 2.58. The first-order chi connectivity index (χ1) is 18.7. The standard InChI is InChI=1S/C30H27F4N3O2/c1-20-25(29(38)36-16-14-35(15-17-36)23-7-5-6-22(18-23)30(32,33)34)19-28(21-10-12-24(39-2)13-11-21)37(20)27-9-4-3-8-26(27)31/h3-13,18-19H,14-17H2,1-2H3. The second-order valence-electron chi connectivity index (χ2n) is 9.37.